The molecule has 0 radical (unpaired) electrons. The summed E-state index contributed by atoms with van der Waals surface area (Å²) >= 11 is 1.62. The van der Waals surface area contributed by atoms with Crippen LogP contribution in [0.5, 0.6) is 5.75 Å². The van der Waals surface area contributed by atoms with E-state index in [4.69, 9.17) is 9.94 Å². The van der Waals surface area contributed by atoms with Crippen molar-refractivity contribution in [3.05, 3.63) is 60.2 Å². The lowest BCUT2D eigenvalue weighted by molar-refractivity contribution is -0.129. The molecule has 2 rings (SSSR count). The second-order valence-electron chi connectivity index (χ2n) is 4.84. The van der Waals surface area contributed by atoms with Crippen LogP contribution in [0, 0.1) is 0 Å². The van der Waals surface area contributed by atoms with Gasteiger partial charge in [0.25, 0.3) is 0 Å². The second kappa shape index (κ2) is 8.46. The van der Waals surface area contributed by atoms with Gasteiger partial charge in [-0.05, 0) is 36.2 Å². The number of carbonyl (C=O) groups is 1. The minimum Gasteiger partial charge on any atom is -0.497 e. The molecule has 2 N–H and O–H groups in total. The molecule has 0 aliphatic carbocycles. The maximum Gasteiger partial charge on any atom is 0.244 e. The molecule has 1 amide bonds. The van der Waals surface area contributed by atoms with E-state index < -0.39 is 0 Å². The van der Waals surface area contributed by atoms with Gasteiger partial charge in [0.2, 0.25) is 5.91 Å². The summed E-state index contributed by atoms with van der Waals surface area (Å²) in [5.41, 5.74) is 2.88. The normalized spacial score (nSPS) is 11.7. The molecule has 0 heterocycles. The maximum absolute atomic E-state index is 11.5. The first-order chi connectivity index (χ1) is 10.7. The zero-order chi connectivity index (χ0) is 15.8. The van der Waals surface area contributed by atoms with Gasteiger partial charge in [-0.2, -0.15) is 0 Å². The Balaban J connectivity index is 2.07. The Morgan fingerprint density at radius 1 is 1.18 bits per heavy atom. The number of ether oxygens (including phenoxy) is 1. The number of hydroxylamine groups is 1. The fourth-order valence-electron chi connectivity index (χ4n) is 2.13. The predicted molar refractivity (Wildman–Crippen MR) is 87.3 cm³/mol. The third kappa shape index (κ3) is 5.09. The van der Waals surface area contributed by atoms with Crippen molar-refractivity contribution >= 4 is 17.7 Å². The smallest absolute Gasteiger partial charge is 0.244 e. The molecule has 1 atom stereocenters. The second-order valence-corrected chi connectivity index (χ2v) is 6.22. The van der Waals surface area contributed by atoms with Crippen molar-refractivity contribution in [1.82, 2.24) is 5.48 Å². The number of hydrogen-bond acceptors (Lipinski definition) is 4. The quantitative estimate of drug-likeness (QED) is 0.467. The molecule has 22 heavy (non-hydrogen) atoms. The van der Waals surface area contributed by atoms with Gasteiger partial charge in [0.05, 0.1) is 7.11 Å². The highest BCUT2D eigenvalue weighted by Crippen LogP contribution is 2.29. The number of thioether (sulfide) groups is 1. The van der Waals surface area contributed by atoms with Gasteiger partial charge in [0.15, 0.2) is 0 Å². The van der Waals surface area contributed by atoms with E-state index in [1.807, 2.05) is 54.6 Å². The van der Waals surface area contributed by atoms with Crippen LogP contribution in [0.1, 0.15) is 12.0 Å². The van der Waals surface area contributed by atoms with Crippen LogP contribution in [0.15, 0.2) is 59.5 Å². The maximum atomic E-state index is 11.5. The molecule has 0 spiro atoms. The fraction of sp³-hybridized carbons (Fsp3) is 0.235. The number of amides is 1. The molecule has 0 aliphatic heterocycles. The van der Waals surface area contributed by atoms with Crippen molar-refractivity contribution in [1.29, 1.82) is 0 Å². The summed E-state index contributed by atoms with van der Waals surface area (Å²) < 4.78 is 5.15. The monoisotopic (exact) mass is 317 g/mol. The molecule has 116 valence electrons. The number of rotatable bonds is 7. The van der Waals surface area contributed by atoms with E-state index in [9.17, 15) is 4.79 Å². The number of nitrogens with one attached hydrogen (secondary N) is 1. The van der Waals surface area contributed by atoms with Crippen LogP contribution >= 0.6 is 11.8 Å². The van der Waals surface area contributed by atoms with Crippen molar-refractivity contribution < 1.29 is 14.7 Å². The summed E-state index contributed by atoms with van der Waals surface area (Å²) in [5.74, 6) is 0.430. The van der Waals surface area contributed by atoms with Crippen LogP contribution < -0.4 is 10.2 Å². The van der Waals surface area contributed by atoms with E-state index in [1.54, 1.807) is 24.4 Å². The Morgan fingerprint density at radius 2 is 1.86 bits per heavy atom. The van der Waals surface area contributed by atoms with Gasteiger partial charge in [0, 0.05) is 16.6 Å². The number of carbonyl (C=O) groups excluding carboxylic acids is 1. The first-order valence-corrected chi connectivity index (χ1v) is 7.87. The zero-order valence-corrected chi connectivity index (χ0v) is 13.2. The Bertz CT molecular complexity index is 587. The van der Waals surface area contributed by atoms with Crippen LogP contribution in [0.25, 0.3) is 0 Å². The number of benzene rings is 2. The van der Waals surface area contributed by atoms with Crippen LogP contribution in [0.3, 0.4) is 0 Å². The summed E-state index contributed by atoms with van der Waals surface area (Å²) in [6.07, 6.45) is 1.01. The van der Waals surface area contributed by atoms with E-state index in [2.05, 4.69) is 0 Å². The van der Waals surface area contributed by atoms with Gasteiger partial charge in [-0.3, -0.25) is 10.0 Å². The van der Waals surface area contributed by atoms with E-state index in [1.165, 1.54) is 5.56 Å². The molecule has 4 nitrogen and oxygen atoms in total. The molecular weight excluding hydrogens is 298 g/mol. The summed E-state index contributed by atoms with van der Waals surface area (Å²) in [6, 6.07) is 17.7. The lowest BCUT2D eigenvalue weighted by Gasteiger charge is -2.16. The average molecular weight is 317 g/mol. The molecule has 0 bridgehead atoms. The molecule has 2 aromatic carbocycles. The van der Waals surface area contributed by atoms with Gasteiger partial charge in [-0.25, -0.2) is 5.48 Å². The van der Waals surface area contributed by atoms with Gasteiger partial charge in [-0.1, -0.05) is 30.3 Å². The van der Waals surface area contributed by atoms with Crippen LogP contribution in [-0.4, -0.2) is 23.5 Å². The highest BCUT2D eigenvalue weighted by atomic mass is 32.2. The molecule has 0 saturated heterocycles. The summed E-state index contributed by atoms with van der Waals surface area (Å²) in [7, 11) is 1.63. The van der Waals surface area contributed by atoms with Crippen molar-refractivity contribution in [2.75, 3.05) is 7.11 Å². The lowest BCUT2D eigenvalue weighted by atomic mass is 10.1. The van der Waals surface area contributed by atoms with Gasteiger partial charge in [0.1, 0.15) is 5.75 Å². The molecule has 1 unspecified atom stereocenters. The predicted octanol–water partition coefficient (Wildman–Crippen LogP) is 3.29. The van der Waals surface area contributed by atoms with Crippen LogP contribution in [-0.2, 0) is 11.2 Å². The fourth-order valence-corrected chi connectivity index (χ4v) is 3.32. The minimum atomic E-state index is -0.373. The molecule has 5 heteroatoms. The summed E-state index contributed by atoms with van der Waals surface area (Å²) in [5, 5.41) is 8.80. The molecule has 0 aliphatic rings. The van der Waals surface area contributed by atoms with Crippen LogP contribution in [0.4, 0.5) is 0 Å². The Hall–Kier alpha value is -1.98. The molecular formula is C17H19NO3S. The first kappa shape index (κ1) is 16.4. The van der Waals surface area contributed by atoms with Gasteiger partial charge >= 0.3 is 0 Å². The van der Waals surface area contributed by atoms with E-state index in [-0.39, 0.29) is 17.6 Å². The Morgan fingerprint density at radius 3 is 2.45 bits per heavy atom. The van der Waals surface area contributed by atoms with Crippen molar-refractivity contribution in [2.45, 2.75) is 23.0 Å². The SMILES string of the molecule is COc1ccc(SC(CC(=O)NO)Cc2ccccc2)cc1. The van der Waals surface area contributed by atoms with Gasteiger partial charge in [-0.15, -0.1) is 11.8 Å². The minimum absolute atomic E-state index is 0.0444. The van der Waals surface area contributed by atoms with Crippen LogP contribution in [0.2, 0.25) is 0 Å². The Labute approximate surface area is 134 Å². The first-order valence-electron chi connectivity index (χ1n) is 6.99. The lowest BCUT2D eigenvalue weighted by Crippen LogP contribution is -2.24. The molecule has 0 aromatic heterocycles. The van der Waals surface area contributed by atoms with Gasteiger partial charge < -0.3 is 4.74 Å². The largest absolute Gasteiger partial charge is 0.497 e. The van der Waals surface area contributed by atoms with Crippen molar-refractivity contribution in [2.24, 2.45) is 0 Å². The van der Waals surface area contributed by atoms with E-state index >= 15 is 0 Å². The van der Waals surface area contributed by atoms with Crippen molar-refractivity contribution in [3.63, 3.8) is 0 Å². The zero-order valence-electron chi connectivity index (χ0n) is 12.4. The Kier molecular flexibility index (Phi) is 6.30. The molecule has 0 saturated carbocycles. The summed E-state index contributed by atoms with van der Waals surface area (Å²) in [4.78, 5) is 12.6. The topological polar surface area (TPSA) is 58.6 Å². The third-order valence-corrected chi connectivity index (χ3v) is 4.42. The average Bonchev–Trinajstić information content (AvgIpc) is 2.56. The highest BCUT2D eigenvalue weighted by molar-refractivity contribution is 8.00. The molecule has 0 fully saturated rings. The summed E-state index contributed by atoms with van der Waals surface area (Å²) in [6.45, 7) is 0. The van der Waals surface area contributed by atoms with Crippen molar-refractivity contribution in [3.8, 4) is 5.75 Å². The number of methoxy groups -OCH3 is 1. The molecule has 2 aromatic rings. The highest BCUT2D eigenvalue weighted by Gasteiger charge is 2.16. The van der Waals surface area contributed by atoms with E-state index in [0.717, 1.165) is 17.1 Å². The number of hydrogen-bond donors (Lipinski definition) is 2. The van der Waals surface area contributed by atoms with E-state index in [0.29, 0.717) is 0 Å². The standard InChI is InChI=1S/C17H19NO3S/c1-21-14-7-9-15(10-8-14)22-16(12-17(19)18-20)11-13-5-3-2-4-6-13/h2-10,16,20H,11-12H2,1H3,(H,18,19). The third-order valence-electron chi connectivity index (χ3n) is 3.21.